The van der Waals surface area contributed by atoms with Crippen LogP contribution >= 0.6 is 11.3 Å². The Bertz CT molecular complexity index is 4790. The summed E-state index contributed by atoms with van der Waals surface area (Å²) in [5.74, 6) is 0. The lowest BCUT2D eigenvalue weighted by molar-refractivity contribution is 1.18. The molecule has 0 N–H and O–H groups in total. The normalized spacial score (nSPS) is 17.3. The second-order valence-electron chi connectivity index (χ2n) is 13.2. The third-order valence-corrected chi connectivity index (χ3v) is 11.1. The lowest BCUT2D eigenvalue weighted by Crippen LogP contribution is -1.94. The molecule has 3 aromatic heterocycles. The van der Waals surface area contributed by atoms with E-state index in [2.05, 4.69) is 0 Å². The molecule has 57 heavy (non-hydrogen) atoms. The van der Waals surface area contributed by atoms with Gasteiger partial charge in [0.2, 0.25) is 0 Å². The summed E-state index contributed by atoms with van der Waals surface area (Å²) in [5, 5.41) is -0.878. The van der Waals surface area contributed by atoms with E-state index in [1.807, 2.05) is 30.3 Å². The van der Waals surface area contributed by atoms with Gasteiger partial charge in [-0.15, -0.1) is 11.3 Å². The highest BCUT2D eigenvalue weighted by atomic mass is 32.1. The van der Waals surface area contributed by atoms with Crippen LogP contribution in [0.15, 0.2) is 206 Å². The molecule has 0 aliphatic heterocycles. The minimum Gasteiger partial charge on any atom is -0.309 e. The molecule has 12 aromatic rings. The number of aromatic nitrogens is 2. The van der Waals surface area contributed by atoms with Crippen molar-refractivity contribution in [2.45, 2.75) is 0 Å². The van der Waals surface area contributed by atoms with Gasteiger partial charge in [-0.05, 0) is 99.9 Å². The molecule has 0 amide bonds. The predicted octanol–water partition coefficient (Wildman–Crippen LogP) is 15.2. The van der Waals surface area contributed by atoms with E-state index in [9.17, 15) is 13.7 Å². The summed E-state index contributed by atoms with van der Waals surface area (Å²) in [6.07, 6.45) is 0. The zero-order valence-corrected chi connectivity index (χ0v) is 30.0. The summed E-state index contributed by atoms with van der Waals surface area (Å²) < 4.78 is 203. The maximum absolute atomic E-state index is 9.97. The van der Waals surface area contributed by atoms with Gasteiger partial charge in [0.25, 0.3) is 0 Å². The lowest BCUT2D eigenvalue weighted by atomic mass is 9.99. The Hall–Kier alpha value is -7.20. The van der Waals surface area contributed by atoms with Crippen LogP contribution in [0.2, 0.25) is 0 Å². The molecule has 266 valence electrons. The fraction of sp³-hybridized carbons (Fsp3) is 0. The quantitative estimate of drug-likeness (QED) is 0.165. The van der Waals surface area contributed by atoms with Crippen LogP contribution in [0.4, 0.5) is 0 Å². The van der Waals surface area contributed by atoms with E-state index < -0.39 is 138 Å². The number of hydrogen-bond donors (Lipinski definition) is 0. The molecule has 0 aliphatic rings. The molecular weight excluding hydrogens is 709 g/mol. The number of fused-ring (bicyclic) bond motifs is 9. The van der Waals surface area contributed by atoms with E-state index in [-0.39, 0.29) is 86.6 Å². The molecular formula is C54H34N2S. The van der Waals surface area contributed by atoms with Crippen LogP contribution in [-0.4, -0.2) is 9.13 Å². The number of hydrogen-bond acceptors (Lipinski definition) is 1. The van der Waals surface area contributed by atoms with Crippen LogP contribution in [0.1, 0.15) is 30.2 Å². The smallest absolute Gasteiger partial charge is 0.0645 e. The maximum atomic E-state index is 9.97. The highest BCUT2D eigenvalue weighted by Gasteiger charge is 2.18. The van der Waals surface area contributed by atoms with Crippen molar-refractivity contribution in [3.8, 4) is 44.8 Å². The molecule has 0 bridgehead atoms. The molecule has 0 fully saturated rings. The SMILES string of the molecule is [2H]c1cc(-c2c([2H])c([2H])c([2H])c3sc4cc(-n5c6c([2H])c([2H])c([2H])c([2H])c6c6c([2H])c(-c7c([2H])c([2H])c8c(c7[2H])c7c([2H])c([2H])c([2H])c([2H])c7n8-c7ccc(-c8ccccc8)cc7)c([2H])c([2H])c65)cc([2H])c4c23)c([2H])c([2H])c1[2H]. The van der Waals surface area contributed by atoms with Gasteiger partial charge in [-0.2, -0.15) is 0 Å². The molecule has 9 aromatic carbocycles. The third kappa shape index (κ3) is 5.03. The summed E-state index contributed by atoms with van der Waals surface area (Å²) in [6.45, 7) is 0. The molecule has 0 aliphatic carbocycles. The van der Waals surface area contributed by atoms with Gasteiger partial charge in [-0.3, -0.25) is 0 Å². The van der Waals surface area contributed by atoms with Gasteiger partial charge < -0.3 is 9.13 Å². The molecule has 0 spiro atoms. The average molecular weight is 765 g/mol. The summed E-state index contributed by atoms with van der Waals surface area (Å²) in [4.78, 5) is 0. The Morgan fingerprint density at radius 2 is 1.00 bits per heavy atom. The van der Waals surface area contributed by atoms with Gasteiger partial charge in [0.15, 0.2) is 0 Å². The van der Waals surface area contributed by atoms with Crippen molar-refractivity contribution in [3.05, 3.63) is 206 Å². The van der Waals surface area contributed by atoms with Crippen LogP contribution < -0.4 is 0 Å². The van der Waals surface area contributed by atoms with Gasteiger partial charge in [-0.1, -0.05) is 139 Å². The fourth-order valence-electron chi connectivity index (χ4n) is 7.53. The average Bonchev–Trinajstić information content (AvgIpc) is 4.34. The fourth-order valence-corrected chi connectivity index (χ4v) is 8.60. The summed E-state index contributed by atoms with van der Waals surface area (Å²) in [5.41, 5.74) is -0.283. The Morgan fingerprint density at radius 1 is 0.368 bits per heavy atom. The molecule has 12 rings (SSSR count). The molecule has 3 heterocycles. The number of nitrogens with zero attached hydrogens (tertiary/aromatic N) is 2. The van der Waals surface area contributed by atoms with Crippen LogP contribution in [0, 0.1) is 0 Å². The monoisotopic (exact) mass is 764 g/mol. The molecule has 2 nitrogen and oxygen atoms in total. The van der Waals surface area contributed by atoms with Gasteiger partial charge in [0, 0.05) is 53.1 Å². The first-order valence-electron chi connectivity index (χ1n) is 28.7. The third-order valence-electron chi connectivity index (χ3n) is 10.1. The van der Waals surface area contributed by atoms with Crippen LogP contribution in [-0.2, 0) is 0 Å². The molecule has 0 atom stereocenters. The number of thiophene rings is 1. The van der Waals surface area contributed by atoms with Crippen molar-refractivity contribution in [2.75, 3.05) is 0 Å². The second-order valence-corrected chi connectivity index (χ2v) is 14.3. The number of para-hydroxylation sites is 2. The van der Waals surface area contributed by atoms with Crippen molar-refractivity contribution in [2.24, 2.45) is 0 Å². The topological polar surface area (TPSA) is 9.86 Å². The van der Waals surface area contributed by atoms with E-state index >= 15 is 0 Å². The first-order chi connectivity index (χ1) is 37.4. The number of rotatable bonds is 5. The minimum atomic E-state index is -0.782. The summed E-state index contributed by atoms with van der Waals surface area (Å²) in [6, 6.07) is 7.00. The molecule has 3 heteroatoms. The van der Waals surface area contributed by atoms with Crippen molar-refractivity contribution >= 4 is 75.1 Å². The predicted molar refractivity (Wildman–Crippen MR) is 244 cm³/mol. The van der Waals surface area contributed by atoms with Gasteiger partial charge in [0.1, 0.15) is 0 Å². The van der Waals surface area contributed by atoms with E-state index in [0.717, 1.165) is 28.5 Å². The number of benzene rings is 9. The minimum absolute atomic E-state index is 0.0305. The van der Waals surface area contributed by atoms with Gasteiger partial charge in [-0.25, -0.2) is 0 Å². The molecule has 0 saturated carbocycles. The van der Waals surface area contributed by atoms with Crippen molar-refractivity contribution in [1.82, 2.24) is 9.13 Å². The van der Waals surface area contributed by atoms with Crippen LogP contribution in [0.5, 0.6) is 0 Å². The van der Waals surface area contributed by atoms with Gasteiger partial charge >= 0.3 is 0 Å². The van der Waals surface area contributed by atoms with E-state index in [1.54, 1.807) is 24.3 Å². The van der Waals surface area contributed by atoms with Crippen molar-refractivity contribution in [3.63, 3.8) is 0 Å². The molecule has 0 radical (unpaired) electrons. The Morgan fingerprint density at radius 3 is 1.72 bits per heavy atom. The van der Waals surface area contributed by atoms with E-state index in [1.165, 1.54) is 21.3 Å². The van der Waals surface area contributed by atoms with E-state index in [4.69, 9.17) is 16.4 Å². The maximum Gasteiger partial charge on any atom is 0.0645 e. The zero-order valence-electron chi connectivity index (χ0n) is 51.2. The Kier molecular flexibility index (Phi) is 3.85. The standard InChI is InChI=1S/C54H34N2S/c1-3-12-35(13-4-1)36-22-26-40(27-23-36)55-48-19-9-7-16-43(48)46-32-38(24-30-50(46)55)39-25-31-51-47(33-39)44-17-8-10-20-49(44)56(51)41-28-29-45-53(34-41)57-52-21-11-18-42(54(45)52)37-14-5-2-6-15-37/h1-34H/i2D,5D,6D,7D,8D,9D,10D,11D,14D,16D,17D,18D,19D,20D,21D,24D,25D,29D,30D,31D,32D,33D. The second kappa shape index (κ2) is 12.7. The van der Waals surface area contributed by atoms with Crippen LogP contribution in [0.3, 0.4) is 0 Å². The highest BCUT2D eigenvalue weighted by molar-refractivity contribution is 7.26. The molecule has 0 unspecified atom stereocenters. The Labute approximate surface area is 364 Å². The molecule has 0 saturated heterocycles. The summed E-state index contributed by atoms with van der Waals surface area (Å²) in [7, 11) is 0. The first kappa shape index (κ1) is 17.3. The van der Waals surface area contributed by atoms with Gasteiger partial charge in [0.05, 0.1) is 52.2 Å². The zero-order chi connectivity index (χ0) is 56.6. The van der Waals surface area contributed by atoms with Crippen molar-refractivity contribution in [1.29, 1.82) is 0 Å². The van der Waals surface area contributed by atoms with E-state index in [0.29, 0.717) is 5.69 Å². The van der Waals surface area contributed by atoms with Crippen LogP contribution in [0.25, 0.3) is 109 Å². The Balaban J connectivity index is 1.17. The largest absolute Gasteiger partial charge is 0.309 e. The van der Waals surface area contributed by atoms with Crippen molar-refractivity contribution < 1.29 is 30.2 Å². The lowest BCUT2D eigenvalue weighted by Gasteiger charge is -2.10. The first-order valence-corrected chi connectivity index (χ1v) is 18.5. The highest BCUT2D eigenvalue weighted by Crippen LogP contribution is 2.43. The summed E-state index contributed by atoms with van der Waals surface area (Å²) >= 11 is 0.910.